The molecule has 0 spiro atoms. The molecule has 2 rings (SSSR count). The van der Waals surface area contributed by atoms with Gasteiger partial charge in [0.05, 0.1) is 12.1 Å². The molecule has 0 fully saturated rings. The van der Waals surface area contributed by atoms with Crippen molar-refractivity contribution in [1.29, 1.82) is 0 Å². The van der Waals surface area contributed by atoms with Crippen LogP contribution in [0, 0.1) is 0 Å². The number of anilines is 1. The highest BCUT2D eigenvalue weighted by molar-refractivity contribution is 7.80. The fourth-order valence-corrected chi connectivity index (χ4v) is 1.63. The van der Waals surface area contributed by atoms with Crippen LogP contribution in [0.2, 0.25) is 0 Å². The standard InChI is InChI=1S/C11H13N5S/c12-10(17)9-3-1-4-13-11(9)14-6-8-16-7-2-5-15-16/h1-5,7H,6,8H2,(H2,12,17)(H,13,14). The van der Waals surface area contributed by atoms with Crippen molar-refractivity contribution in [3.63, 3.8) is 0 Å². The largest absolute Gasteiger partial charge is 0.389 e. The third kappa shape index (κ3) is 3.01. The van der Waals surface area contributed by atoms with E-state index in [0.717, 1.165) is 12.1 Å². The van der Waals surface area contributed by atoms with Gasteiger partial charge in [-0.1, -0.05) is 12.2 Å². The number of hydrogen-bond donors (Lipinski definition) is 2. The first kappa shape index (κ1) is 11.5. The maximum atomic E-state index is 5.61. The van der Waals surface area contributed by atoms with E-state index in [-0.39, 0.29) is 0 Å². The molecule has 0 bridgehead atoms. The van der Waals surface area contributed by atoms with Gasteiger partial charge in [-0.05, 0) is 18.2 Å². The van der Waals surface area contributed by atoms with Crippen molar-refractivity contribution in [2.45, 2.75) is 6.54 Å². The first-order valence-corrected chi connectivity index (χ1v) is 5.64. The van der Waals surface area contributed by atoms with E-state index in [1.807, 2.05) is 29.1 Å². The van der Waals surface area contributed by atoms with Gasteiger partial charge in [-0.25, -0.2) is 4.98 Å². The smallest absolute Gasteiger partial charge is 0.136 e. The monoisotopic (exact) mass is 247 g/mol. The molecular weight excluding hydrogens is 234 g/mol. The lowest BCUT2D eigenvalue weighted by atomic mass is 10.2. The van der Waals surface area contributed by atoms with Crippen LogP contribution in [0.3, 0.4) is 0 Å². The molecule has 0 unspecified atom stereocenters. The summed E-state index contributed by atoms with van der Waals surface area (Å²) >= 11 is 4.96. The molecule has 5 nitrogen and oxygen atoms in total. The van der Waals surface area contributed by atoms with Crippen LogP contribution >= 0.6 is 12.2 Å². The lowest BCUT2D eigenvalue weighted by Gasteiger charge is -2.09. The summed E-state index contributed by atoms with van der Waals surface area (Å²) in [6.45, 7) is 1.48. The van der Waals surface area contributed by atoms with Gasteiger partial charge in [-0.2, -0.15) is 5.10 Å². The zero-order valence-electron chi connectivity index (χ0n) is 9.21. The van der Waals surface area contributed by atoms with Gasteiger partial charge < -0.3 is 11.1 Å². The number of thiocarbonyl (C=S) groups is 1. The number of nitrogens with one attached hydrogen (secondary N) is 1. The minimum absolute atomic E-state index is 0.347. The Bertz CT molecular complexity index is 494. The van der Waals surface area contributed by atoms with Gasteiger partial charge in [0.15, 0.2) is 0 Å². The van der Waals surface area contributed by atoms with Crippen molar-refractivity contribution in [1.82, 2.24) is 14.8 Å². The van der Waals surface area contributed by atoms with Gasteiger partial charge in [0, 0.05) is 25.1 Å². The van der Waals surface area contributed by atoms with E-state index in [1.165, 1.54) is 0 Å². The fraction of sp³-hybridized carbons (Fsp3) is 0.182. The van der Waals surface area contributed by atoms with Gasteiger partial charge >= 0.3 is 0 Å². The minimum atomic E-state index is 0.347. The maximum absolute atomic E-state index is 5.61. The number of rotatable bonds is 5. The number of nitrogens with two attached hydrogens (primary N) is 1. The molecule has 0 amide bonds. The summed E-state index contributed by atoms with van der Waals surface area (Å²) in [7, 11) is 0. The average molecular weight is 247 g/mol. The third-order valence-corrected chi connectivity index (χ3v) is 2.49. The van der Waals surface area contributed by atoms with Crippen LogP contribution in [0.15, 0.2) is 36.8 Å². The number of hydrogen-bond acceptors (Lipinski definition) is 4. The molecule has 2 aromatic rings. The van der Waals surface area contributed by atoms with Crippen molar-refractivity contribution >= 4 is 23.0 Å². The molecule has 0 saturated heterocycles. The van der Waals surface area contributed by atoms with Crippen molar-refractivity contribution < 1.29 is 0 Å². The predicted molar refractivity (Wildman–Crippen MR) is 70.8 cm³/mol. The van der Waals surface area contributed by atoms with Crippen molar-refractivity contribution in [3.05, 3.63) is 42.4 Å². The van der Waals surface area contributed by atoms with Gasteiger partial charge in [0.1, 0.15) is 10.8 Å². The zero-order chi connectivity index (χ0) is 12.1. The van der Waals surface area contributed by atoms with Crippen LogP contribution in [0.25, 0.3) is 0 Å². The minimum Gasteiger partial charge on any atom is -0.389 e. The molecular formula is C11H13N5S. The van der Waals surface area contributed by atoms with Crippen LogP contribution in [0.1, 0.15) is 5.56 Å². The highest BCUT2D eigenvalue weighted by Gasteiger charge is 2.04. The average Bonchev–Trinajstić information content (AvgIpc) is 2.82. The molecule has 6 heteroatoms. The number of nitrogens with zero attached hydrogens (tertiary/aromatic N) is 3. The highest BCUT2D eigenvalue weighted by Crippen LogP contribution is 2.10. The van der Waals surface area contributed by atoms with Crippen molar-refractivity contribution in [2.75, 3.05) is 11.9 Å². The van der Waals surface area contributed by atoms with E-state index in [9.17, 15) is 0 Å². The van der Waals surface area contributed by atoms with E-state index >= 15 is 0 Å². The van der Waals surface area contributed by atoms with Crippen LogP contribution in [0.5, 0.6) is 0 Å². The molecule has 0 saturated carbocycles. The van der Waals surface area contributed by atoms with Crippen LogP contribution in [-0.2, 0) is 6.54 Å². The second-order valence-electron chi connectivity index (χ2n) is 3.46. The summed E-state index contributed by atoms with van der Waals surface area (Å²) in [5.41, 5.74) is 6.38. The lowest BCUT2D eigenvalue weighted by Crippen LogP contribution is -2.17. The van der Waals surface area contributed by atoms with Gasteiger partial charge in [0.25, 0.3) is 0 Å². The summed E-state index contributed by atoms with van der Waals surface area (Å²) in [5.74, 6) is 0.715. The van der Waals surface area contributed by atoms with Gasteiger partial charge in [-0.3, -0.25) is 4.68 Å². The first-order valence-electron chi connectivity index (χ1n) is 5.23. The number of aromatic nitrogens is 3. The highest BCUT2D eigenvalue weighted by atomic mass is 32.1. The molecule has 2 aromatic heterocycles. The molecule has 0 atom stereocenters. The summed E-state index contributed by atoms with van der Waals surface area (Å²) in [6.07, 6.45) is 5.37. The summed E-state index contributed by atoms with van der Waals surface area (Å²) in [4.78, 5) is 4.56. The normalized spacial score (nSPS) is 10.1. The Morgan fingerprint density at radius 2 is 2.29 bits per heavy atom. The Balaban J connectivity index is 1.97. The molecule has 88 valence electrons. The molecule has 2 heterocycles. The predicted octanol–water partition coefficient (Wildman–Crippen LogP) is 1.02. The van der Waals surface area contributed by atoms with Crippen molar-refractivity contribution in [3.8, 4) is 0 Å². The van der Waals surface area contributed by atoms with E-state index < -0.39 is 0 Å². The Morgan fingerprint density at radius 1 is 1.41 bits per heavy atom. The molecule has 3 N–H and O–H groups in total. The van der Waals surface area contributed by atoms with Crippen LogP contribution in [0.4, 0.5) is 5.82 Å². The van der Waals surface area contributed by atoms with E-state index in [4.69, 9.17) is 18.0 Å². The quantitative estimate of drug-likeness (QED) is 0.772. The van der Waals surface area contributed by atoms with E-state index in [0.29, 0.717) is 17.4 Å². The number of pyridine rings is 1. The van der Waals surface area contributed by atoms with E-state index in [2.05, 4.69) is 15.4 Å². The topological polar surface area (TPSA) is 68.8 Å². The second-order valence-corrected chi connectivity index (χ2v) is 3.90. The Hall–Kier alpha value is -1.95. The van der Waals surface area contributed by atoms with Crippen molar-refractivity contribution in [2.24, 2.45) is 5.73 Å². The van der Waals surface area contributed by atoms with Gasteiger partial charge in [-0.15, -0.1) is 0 Å². The SMILES string of the molecule is NC(=S)c1cccnc1NCCn1cccn1. The third-order valence-electron chi connectivity index (χ3n) is 2.27. The Morgan fingerprint density at radius 3 is 3.00 bits per heavy atom. The molecule has 0 aliphatic heterocycles. The van der Waals surface area contributed by atoms with Crippen LogP contribution < -0.4 is 11.1 Å². The first-order chi connectivity index (χ1) is 8.27. The zero-order valence-corrected chi connectivity index (χ0v) is 10.0. The van der Waals surface area contributed by atoms with Gasteiger partial charge in [0.2, 0.25) is 0 Å². The summed E-state index contributed by atoms with van der Waals surface area (Å²) in [6, 6.07) is 5.56. The summed E-state index contributed by atoms with van der Waals surface area (Å²) in [5, 5.41) is 7.30. The maximum Gasteiger partial charge on any atom is 0.136 e. The second kappa shape index (κ2) is 5.40. The summed E-state index contributed by atoms with van der Waals surface area (Å²) < 4.78 is 1.84. The fourth-order valence-electron chi connectivity index (χ4n) is 1.47. The molecule has 17 heavy (non-hydrogen) atoms. The molecule has 0 radical (unpaired) electrons. The molecule has 0 aliphatic carbocycles. The Kier molecular flexibility index (Phi) is 3.66. The Labute approximate surface area is 105 Å². The molecule has 0 aliphatic rings. The lowest BCUT2D eigenvalue weighted by molar-refractivity contribution is 0.637. The molecule has 0 aromatic carbocycles. The van der Waals surface area contributed by atoms with Crippen LogP contribution in [-0.4, -0.2) is 26.3 Å². The van der Waals surface area contributed by atoms with E-state index in [1.54, 1.807) is 12.4 Å².